The van der Waals surface area contributed by atoms with Crippen LogP contribution < -0.4 is 5.32 Å². The van der Waals surface area contributed by atoms with Crippen molar-refractivity contribution in [2.24, 2.45) is 0 Å². The lowest BCUT2D eigenvalue weighted by Gasteiger charge is -2.13. The Hall–Kier alpha value is -1.54. The van der Waals surface area contributed by atoms with Crippen molar-refractivity contribution in [1.29, 1.82) is 0 Å². The van der Waals surface area contributed by atoms with Crippen LogP contribution in [0.5, 0.6) is 0 Å². The van der Waals surface area contributed by atoms with Crippen LogP contribution in [0.4, 0.5) is 0 Å². The largest absolute Gasteiger partial charge is 0.319 e. The lowest BCUT2D eigenvalue weighted by molar-refractivity contribution is 0.697. The van der Waals surface area contributed by atoms with E-state index in [1.165, 1.54) is 22.5 Å². The van der Waals surface area contributed by atoms with Crippen LogP contribution in [0.2, 0.25) is 0 Å². The van der Waals surface area contributed by atoms with Gasteiger partial charge in [0.2, 0.25) is 0 Å². The Morgan fingerprint density at radius 3 is 2.71 bits per heavy atom. The van der Waals surface area contributed by atoms with E-state index in [4.69, 9.17) is 0 Å². The van der Waals surface area contributed by atoms with Crippen LogP contribution in [0.1, 0.15) is 23.7 Å². The first-order valence-electron chi connectivity index (χ1n) is 6.17. The Morgan fingerprint density at radius 2 is 2.00 bits per heavy atom. The van der Waals surface area contributed by atoms with E-state index in [-0.39, 0.29) is 0 Å². The molecule has 1 N–H and O–H groups in total. The molecule has 2 rings (SSSR count). The van der Waals surface area contributed by atoms with Gasteiger partial charge in [-0.15, -0.1) is 0 Å². The van der Waals surface area contributed by atoms with Crippen molar-refractivity contribution < 1.29 is 0 Å². The molecule has 2 aromatic rings. The maximum atomic E-state index is 3.37. The van der Waals surface area contributed by atoms with Gasteiger partial charge in [-0.05, 0) is 44.2 Å². The highest BCUT2D eigenvalue weighted by Gasteiger charge is 2.05. The van der Waals surface area contributed by atoms with Gasteiger partial charge in [-0.1, -0.05) is 24.6 Å². The summed E-state index contributed by atoms with van der Waals surface area (Å²) in [4.78, 5) is 0. The second kappa shape index (κ2) is 5.19. The molecule has 0 aliphatic heterocycles. The summed E-state index contributed by atoms with van der Waals surface area (Å²) < 4.78 is 2.26. The van der Waals surface area contributed by atoms with Crippen molar-refractivity contribution in [3.63, 3.8) is 0 Å². The van der Waals surface area contributed by atoms with Crippen molar-refractivity contribution >= 4 is 0 Å². The summed E-state index contributed by atoms with van der Waals surface area (Å²) in [5.41, 5.74) is 5.21. The Kier molecular flexibility index (Phi) is 3.64. The number of aromatic nitrogens is 1. The van der Waals surface area contributed by atoms with Gasteiger partial charge in [0.1, 0.15) is 0 Å². The van der Waals surface area contributed by atoms with Gasteiger partial charge < -0.3 is 9.88 Å². The number of nitrogens with zero attached hydrogens (tertiary/aromatic N) is 1. The molecular formula is C15H20N2. The minimum Gasteiger partial charge on any atom is -0.319 e. The number of benzene rings is 1. The molecule has 0 fully saturated rings. The van der Waals surface area contributed by atoms with E-state index >= 15 is 0 Å². The number of hydrogen-bond donors (Lipinski definition) is 1. The summed E-state index contributed by atoms with van der Waals surface area (Å²) in [5, 5.41) is 3.37. The molecule has 2 nitrogen and oxygen atoms in total. The van der Waals surface area contributed by atoms with Crippen LogP contribution in [0.3, 0.4) is 0 Å². The van der Waals surface area contributed by atoms with Crippen molar-refractivity contribution in [3.05, 3.63) is 53.3 Å². The second-order valence-corrected chi connectivity index (χ2v) is 4.44. The van der Waals surface area contributed by atoms with Crippen LogP contribution in [0.25, 0.3) is 5.69 Å². The van der Waals surface area contributed by atoms with Gasteiger partial charge in [-0.25, -0.2) is 0 Å². The molecule has 1 heterocycles. The molecule has 0 aliphatic rings. The molecule has 0 saturated heterocycles. The van der Waals surface area contributed by atoms with Crippen molar-refractivity contribution in [1.82, 2.24) is 9.88 Å². The smallest absolute Gasteiger partial charge is 0.0482 e. The van der Waals surface area contributed by atoms with Gasteiger partial charge in [0.25, 0.3) is 0 Å². The first kappa shape index (κ1) is 11.9. The summed E-state index contributed by atoms with van der Waals surface area (Å²) in [6.45, 7) is 8.34. The van der Waals surface area contributed by atoms with E-state index in [2.05, 4.69) is 67.2 Å². The molecule has 0 aliphatic carbocycles. The molecule has 2 heteroatoms. The zero-order valence-corrected chi connectivity index (χ0v) is 10.8. The van der Waals surface area contributed by atoms with E-state index in [1.54, 1.807) is 0 Å². The Balaban J connectivity index is 2.35. The monoisotopic (exact) mass is 228 g/mol. The lowest BCUT2D eigenvalue weighted by atomic mass is 10.1. The minimum atomic E-state index is 0.914. The standard InChI is InChI=1S/C15H20N2/c1-4-16-11-14-6-5-9-17(14)15-8-7-12(2)10-13(15)3/h5-10,16H,4,11H2,1-3H3. The van der Waals surface area contributed by atoms with Gasteiger partial charge in [0, 0.05) is 24.1 Å². The molecule has 0 radical (unpaired) electrons. The van der Waals surface area contributed by atoms with Crippen LogP contribution in [-0.2, 0) is 6.54 Å². The SMILES string of the molecule is CCNCc1cccn1-c1ccc(C)cc1C. The number of hydrogen-bond acceptors (Lipinski definition) is 1. The summed E-state index contributed by atoms with van der Waals surface area (Å²) in [6.07, 6.45) is 2.13. The molecule has 1 aromatic heterocycles. The maximum Gasteiger partial charge on any atom is 0.0482 e. The average molecular weight is 228 g/mol. The normalized spacial score (nSPS) is 10.8. The van der Waals surface area contributed by atoms with Gasteiger partial charge in [-0.2, -0.15) is 0 Å². The van der Waals surface area contributed by atoms with Crippen LogP contribution in [0.15, 0.2) is 36.5 Å². The average Bonchev–Trinajstić information content (AvgIpc) is 2.74. The van der Waals surface area contributed by atoms with E-state index < -0.39 is 0 Å². The molecule has 90 valence electrons. The second-order valence-electron chi connectivity index (χ2n) is 4.44. The van der Waals surface area contributed by atoms with Crippen molar-refractivity contribution in [2.75, 3.05) is 6.54 Å². The first-order valence-corrected chi connectivity index (χ1v) is 6.17. The predicted molar refractivity (Wildman–Crippen MR) is 72.6 cm³/mol. The van der Waals surface area contributed by atoms with E-state index in [0.29, 0.717) is 0 Å². The number of aryl methyl sites for hydroxylation is 2. The third kappa shape index (κ3) is 2.59. The van der Waals surface area contributed by atoms with Gasteiger partial charge >= 0.3 is 0 Å². The van der Waals surface area contributed by atoms with Gasteiger partial charge in [0.15, 0.2) is 0 Å². The molecule has 0 spiro atoms. The topological polar surface area (TPSA) is 17.0 Å². The third-order valence-electron chi connectivity index (χ3n) is 3.00. The lowest BCUT2D eigenvalue weighted by Crippen LogP contribution is -2.14. The van der Waals surface area contributed by atoms with E-state index in [9.17, 15) is 0 Å². The molecule has 0 atom stereocenters. The van der Waals surface area contributed by atoms with Crippen molar-refractivity contribution in [2.45, 2.75) is 27.3 Å². The summed E-state index contributed by atoms with van der Waals surface area (Å²) in [6, 6.07) is 10.9. The first-order chi connectivity index (χ1) is 8.22. The maximum absolute atomic E-state index is 3.37. The Bertz CT molecular complexity index is 497. The van der Waals surface area contributed by atoms with E-state index in [0.717, 1.165) is 13.1 Å². The molecular weight excluding hydrogens is 208 g/mol. The predicted octanol–water partition coefficient (Wildman–Crippen LogP) is 3.20. The molecule has 0 unspecified atom stereocenters. The highest BCUT2D eigenvalue weighted by molar-refractivity contribution is 5.44. The fourth-order valence-corrected chi connectivity index (χ4v) is 2.12. The summed E-state index contributed by atoms with van der Waals surface area (Å²) >= 11 is 0. The summed E-state index contributed by atoms with van der Waals surface area (Å²) in [5.74, 6) is 0. The Morgan fingerprint density at radius 1 is 1.18 bits per heavy atom. The highest BCUT2D eigenvalue weighted by Crippen LogP contribution is 2.18. The molecule has 1 aromatic carbocycles. The molecule has 0 saturated carbocycles. The van der Waals surface area contributed by atoms with Crippen molar-refractivity contribution in [3.8, 4) is 5.69 Å². The fraction of sp³-hybridized carbons (Fsp3) is 0.333. The fourth-order valence-electron chi connectivity index (χ4n) is 2.12. The zero-order valence-electron chi connectivity index (χ0n) is 10.8. The number of nitrogens with one attached hydrogen (secondary N) is 1. The van der Waals surface area contributed by atoms with Crippen LogP contribution >= 0.6 is 0 Å². The zero-order chi connectivity index (χ0) is 12.3. The van der Waals surface area contributed by atoms with E-state index in [1.807, 2.05) is 0 Å². The third-order valence-corrected chi connectivity index (χ3v) is 3.00. The quantitative estimate of drug-likeness (QED) is 0.850. The van der Waals surface area contributed by atoms with Gasteiger partial charge in [-0.3, -0.25) is 0 Å². The minimum absolute atomic E-state index is 0.914. The number of rotatable bonds is 4. The Labute approximate surface area is 103 Å². The highest BCUT2D eigenvalue weighted by atomic mass is 15.0. The molecule has 17 heavy (non-hydrogen) atoms. The molecule has 0 amide bonds. The van der Waals surface area contributed by atoms with Gasteiger partial charge in [0.05, 0.1) is 0 Å². The molecule has 0 bridgehead atoms. The van der Waals surface area contributed by atoms with Crippen LogP contribution in [0, 0.1) is 13.8 Å². The summed E-state index contributed by atoms with van der Waals surface area (Å²) in [7, 11) is 0. The van der Waals surface area contributed by atoms with Crippen LogP contribution in [-0.4, -0.2) is 11.1 Å².